The number of hydrogen-bond donors (Lipinski definition) is 2. The summed E-state index contributed by atoms with van der Waals surface area (Å²) >= 11 is 0. The van der Waals surface area contributed by atoms with Crippen LogP contribution in [0.4, 0.5) is 0 Å². The van der Waals surface area contributed by atoms with Crippen molar-refractivity contribution in [2.75, 3.05) is 0 Å². The van der Waals surface area contributed by atoms with Crippen LogP contribution in [0.15, 0.2) is 6.33 Å². The van der Waals surface area contributed by atoms with E-state index in [1.165, 1.54) is 5.69 Å². The van der Waals surface area contributed by atoms with Gasteiger partial charge in [0.1, 0.15) is 0 Å². The van der Waals surface area contributed by atoms with Gasteiger partial charge in [0.2, 0.25) is 5.91 Å². The third-order valence-electron chi connectivity index (χ3n) is 2.40. The summed E-state index contributed by atoms with van der Waals surface area (Å²) in [5.41, 5.74) is 2.33. The van der Waals surface area contributed by atoms with E-state index in [1.807, 2.05) is 0 Å². The summed E-state index contributed by atoms with van der Waals surface area (Å²) in [7, 11) is 0. The Kier molecular flexibility index (Phi) is 2.04. The normalized spacial score (nSPS) is 20.8. The highest BCUT2D eigenvalue weighted by molar-refractivity contribution is 5.73. The molecule has 0 fully saturated rings. The Morgan fingerprint density at radius 2 is 2.62 bits per heavy atom. The molecule has 1 amide bonds. The molecule has 4 nitrogen and oxygen atoms in total. The molecule has 0 radical (unpaired) electrons. The van der Waals surface area contributed by atoms with Gasteiger partial charge in [0.05, 0.1) is 12.0 Å². The van der Waals surface area contributed by atoms with E-state index in [-0.39, 0.29) is 11.9 Å². The van der Waals surface area contributed by atoms with Gasteiger partial charge in [0.25, 0.3) is 0 Å². The smallest absolute Gasteiger partial charge is 0.217 e. The van der Waals surface area contributed by atoms with Crippen LogP contribution in [0.1, 0.15) is 24.7 Å². The number of aromatic amines is 1. The van der Waals surface area contributed by atoms with Crippen LogP contribution in [0.2, 0.25) is 0 Å². The second-order valence-electron chi connectivity index (χ2n) is 3.47. The minimum Gasteiger partial charge on any atom is -0.353 e. The van der Waals surface area contributed by atoms with Crippen molar-refractivity contribution >= 4 is 5.91 Å². The average molecular weight is 179 g/mol. The molecule has 1 aliphatic rings. The van der Waals surface area contributed by atoms with Gasteiger partial charge in [-0.15, -0.1) is 0 Å². The molecule has 1 aliphatic carbocycles. The van der Waals surface area contributed by atoms with Gasteiger partial charge in [0.15, 0.2) is 0 Å². The summed E-state index contributed by atoms with van der Waals surface area (Å²) in [4.78, 5) is 18.1. The van der Waals surface area contributed by atoms with Gasteiger partial charge in [-0.2, -0.15) is 0 Å². The van der Waals surface area contributed by atoms with E-state index in [2.05, 4.69) is 15.3 Å². The molecule has 0 bridgehead atoms. The molecule has 2 rings (SSSR count). The fourth-order valence-corrected chi connectivity index (χ4v) is 1.81. The number of carbonyl (C=O) groups excluding carboxylic acids is 1. The van der Waals surface area contributed by atoms with Crippen LogP contribution >= 0.6 is 0 Å². The number of nitrogens with one attached hydrogen (secondary N) is 2. The molecule has 1 unspecified atom stereocenters. The van der Waals surface area contributed by atoms with E-state index in [0.717, 1.165) is 25.0 Å². The van der Waals surface area contributed by atoms with Crippen molar-refractivity contribution < 1.29 is 4.79 Å². The number of nitrogens with zero attached hydrogens (tertiary/aromatic N) is 1. The van der Waals surface area contributed by atoms with Crippen molar-refractivity contribution in [1.29, 1.82) is 0 Å². The first-order valence-corrected chi connectivity index (χ1v) is 4.54. The van der Waals surface area contributed by atoms with Crippen LogP contribution in [0, 0.1) is 0 Å². The minimum absolute atomic E-state index is 0.0490. The molecule has 1 aromatic rings. The maximum absolute atomic E-state index is 10.8. The average Bonchev–Trinajstić information content (AvgIpc) is 2.49. The van der Waals surface area contributed by atoms with Gasteiger partial charge in [-0.25, -0.2) is 4.98 Å². The zero-order valence-corrected chi connectivity index (χ0v) is 7.63. The predicted octanol–water partition coefficient (Wildman–Crippen LogP) is 0.403. The molecule has 2 N–H and O–H groups in total. The molecule has 13 heavy (non-hydrogen) atoms. The number of rotatable bonds is 1. The molecule has 4 heteroatoms. The van der Waals surface area contributed by atoms with E-state index in [1.54, 1.807) is 13.3 Å². The second kappa shape index (κ2) is 3.20. The predicted molar refractivity (Wildman–Crippen MR) is 48.2 cm³/mol. The quantitative estimate of drug-likeness (QED) is 0.655. The summed E-state index contributed by atoms with van der Waals surface area (Å²) in [6.45, 7) is 1.56. The molecular weight excluding hydrogens is 166 g/mol. The van der Waals surface area contributed by atoms with Crippen LogP contribution < -0.4 is 5.32 Å². The van der Waals surface area contributed by atoms with Crippen LogP contribution in [0.25, 0.3) is 0 Å². The van der Waals surface area contributed by atoms with E-state index in [4.69, 9.17) is 0 Å². The zero-order chi connectivity index (χ0) is 9.26. The number of amides is 1. The fraction of sp³-hybridized carbons (Fsp3) is 0.556. The molecule has 0 aliphatic heterocycles. The second-order valence-corrected chi connectivity index (χ2v) is 3.47. The monoisotopic (exact) mass is 179 g/mol. The van der Waals surface area contributed by atoms with Crippen molar-refractivity contribution in [3.63, 3.8) is 0 Å². The molecule has 70 valence electrons. The lowest BCUT2D eigenvalue weighted by molar-refractivity contribution is -0.119. The highest BCUT2D eigenvalue weighted by Crippen LogP contribution is 2.17. The van der Waals surface area contributed by atoms with Crippen molar-refractivity contribution in [2.24, 2.45) is 0 Å². The first-order chi connectivity index (χ1) is 6.25. The first kappa shape index (κ1) is 8.29. The van der Waals surface area contributed by atoms with Crippen LogP contribution in [0.3, 0.4) is 0 Å². The molecule has 0 saturated carbocycles. The molecule has 0 spiro atoms. The van der Waals surface area contributed by atoms with Crippen molar-refractivity contribution in [3.05, 3.63) is 17.7 Å². The van der Waals surface area contributed by atoms with Gasteiger partial charge in [0, 0.05) is 25.1 Å². The van der Waals surface area contributed by atoms with Gasteiger partial charge in [-0.1, -0.05) is 0 Å². The van der Waals surface area contributed by atoms with E-state index < -0.39 is 0 Å². The molecule has 0 aromatic carbocycles. The maximum atomic E-state index is 10.8. The Bertz CT molecular complexity index is 318. The van der Waals surface area contributed by atoms with Crippen molar-refractivity contribution in [3.8, 4) is 0 Å². The number of aromatic nitrogens is 2. The van der Waals surface area contributed by atoms with E-state index in [0.29, 0.717) is 0 Å². The third-order valence-corrected chi connectivity index (χ3v) is 2.40. The van der Waals surface area contributed by atoms with Gasteiger partial charge in [-0.05, 0) is 12.8 Å². The Balaban J connectivity index is 2.04. The Labute approximate surface area is 76.8 Å². The molecule has 1 heterocycles. The maximum Gasteiger partial charge on any atom is 0.217 e. The zero-order valence-electron chi connectivity index (χ0n) is 7.63. The number of fused-ring (bicyclic) bond motifs is 1. The summed E-state index contributed by atoms with van der Waals surface area (Å²) in [6.07, 6.45) is 4.57. The molecule has 1 atom stereocenters. The number of carbonyl (C=O) groups is 1. The van der Waals surface area contributed by atoms with Gasteiger partial charge in [-0.3, -0.25) is 4.79 Å². The number of hydrogen-bond acceptors (Lipinski definition) is 2. The SMILES string of the molecule is CC(=O)NC1CCc2nc[nH]c2C1. The Hall–Kier alpha value is -1.32. The number of imidazole rings is 1. The standard InChI is InChI=1S/C9H13N3O/c1-6(13)12-7-2-3-8-9(4-7)11-5-10-8/h5,7H,2-4H2,1H3,(H,10,11)(H,12,13). The summed E-state index contributed by atoms with van der Waals surface area (Å²) in [5, 5.41) is 2.93. The molecule has 0 saturated heterocycles. The van der Waals surface area contributed by atoms with Gasteiger partial charge < -0.3 is 10.3 Å². The third kappa shape index (κ3) is 1.71. The Morgan fingerprint density at radius 3 is 3.38 bits per heavy atom. The number of aryl methyl sites for hydroxylation is 1. The Morgan fingerprint density at radius 1 is 1.77 bits per heavy atom. The minimum atomic E-state index is 0.0490. The van der Waals surface area contributed by atoms with Crippen molar-refractivity contribution in [1.82, 2.24) is 15.3 Å². The lowest BCUT2D eigenvalue weighted by atomic mass is 9.96. The molecule has 1 aromatic heterocycles. The van der Waals surface area contributed by atoms with Gasteiger partial charge >= 0.3 is 0 Å². The topological polar surface area (TPSA) is 57.8 Å². The van der Waals surface area contributed by atoms with Crippen molar-refractivity contribution in [2.45, 2.75) is 32.2 Å². The highest BCUT2D eigenvalue weighted by atomic mass is 16.1. The highest BCUT2D eigenvalue weighted by Gasteiger charge is 2.20. The summed E-state index contributed by atoms with van der Waals surface area (Å²) in [6, 6.07) is 0.283. The lowest BCUT2D eigenvalue weighted by Crippen LogP contribution is -2.37. The summed E-state index contributed by atoms with van der Waals surface area (Å²) < 4.78 is 0. The van der Waals surface area contributed by atoms with Crippen LogP contribution in [0.5, 0.6) is 0 Å². The largest absolute Gasteiger partial charge is 0.353 e. The number of H-pyrrole nitrogens is 1. The fourth-order valence-electron chi connectivity index (χ4n) is 1.81. The van der Waals surface area contributed by atoms with E-state index >= 15 is 0 Å². The lowest BCUT2D eigenvalue weighted by Gasteiger charge is -2.21. The van der Waals surface area contributed by atoms with Crippen LogP contribution in [-0.2, 0) is 17.6 Å². The summed E-state index contributed by atoms with van der Waals surface area (Å²) in [5.74, 6) is 0.0490. The van der Waals surface area contributed by atoms with E-state index in [9.17, 15) is 4.79 Å². The molecular formula is C9H13N3O. The van der Waals surface area contributed by atoms with Crippen LogP contribution in [-0.4, -0.2) is 21.9 Å². The first-order valence-electron chi connectivity index (χ1n) is 4.54.